The molecule has 0 spiro atoms. The fourth-order valence-corrected chi connectivity index (χ4v) is 2.76. The summed E-state index contributed by atoms with van der Waals surface area (Å²) in [7, 11) is 0. The van der Waals surface area contributed by atoms with Crippen molar-refractivity contribution in [2.45, 2.75) is 38.6 Å². The largest absolute Gasteiger partial charge is 0.314 e. The van der Waals surface area contributed by atoms with Crippen LogP contribution in [0.5, 0.6) is 0 Å². The van der Waals surface area contributed by atoms with Crippen molar-refractivity contribution in [3.63, 3.8) is 0 Å². The Bertz CT molecular complexity index is 538. The molecule has 0 amide bonds. The van der Waals surface area contributed by atoms with Crippen molar-refractivity contribution in [3.05, 3.63) is 47.8 Å². The van der Waals surface area contributed by atoms with Gasteiger partial charge in [0.1, 0.15) is 0 Å². The highest BCUT2D eigenvalue weighted by Gasteiger charge is 2.14. The van der Waals surface area contributed by atoms with Gasteiger partial charge in [0.05, 0.1) is 11.9 Å². The fraction of sp³-hybridized carbons (Fsp3) is 0.438. The Hall–Kier alpha value is -1.61. The van der Waals surface area contributed by atoms with E-state index in [-0.39, 0.29) is 0 Å². The molecule has 1 aromatic heterocycles. The van der Waals surface area contributed by atoms with E-state index < -0.39 is 0 Å². The molecule has 0 radical (unpaired) electrons. The molecular weight excluding hydrogens is 234 g/mol. The van der Waals surface area contributed by atoms with Crippen molar-refractivity contribution in [1.29, 1.82) is 0 Å². The Morgan fingerprint density at radius 3 is 3.11 bits per heavy atom. The van der Waals surface area contributed by atoms with Gasteiger partial charge in [0.15, 0.2) is 0 Å². The summed E-state index contributed by atoms with van der Waals surface area (Å²) in [5, 5.41) is 8.07. The normalized spacial score (nSPS) is 19.5. The summed E-state index contributed by atoms with van der Waals surface area (Å²) in [6.07, 6.45) is 9.20. The molecule has 0 aliphatic carbocycles. The highest BCUT2D eigenvalue weighted by Crippen LogP contribution is 2.14. The molecule has 1 saturated heterocycles. The second-order valence-corrected chi connectivity index (χ2v) is 5.48. The molecule has 19 heavy (non-hydrogen) atoms. The molecule has 1 atom stereocenters. The Labute approximate surface area is 114 Å². The molecule has 0 bridgehead atoms. The first-order chi connectivity index (χ1) is 9.31. The molecule has 0 saturated carbocycles. The van der Waals surface area contributed by atoms with Gasteiger partial charge < -0.3 is 5.32 Å². The minimum absolute atomic E-state index is 0.629. The van der Waals surface area contributed by atoms with Gasteiger partial charge in [-0.25, -0.2) is 4.68 Å². The maximum atomic E-state index is 4.48. The monoisotopic (exact) mass is 255 g/mol. The number of aryl methyl sites for hydroxylation is 1. The second-order valence-electron chi connectivity index (χ2n) is 5.48. The van der Waals surface area contributed by atoms with Crippen LogP contribution in [0, 0.1) is 6.92 Å². The standard InChI is InChI=1S/C16H21N3/c1-13-5-4-7-16(9-13)19-12-14(11-18-19)10-15-6-2-3-8-17-15/h4-5,7,9,11-12,15,17H,2-3,6,8,10H2,1H3. The van der Waals surface area contributed by atoms with Crippen LogP contribution in [0.25, 0.3) is 5.69 Å². The molecule has 1 unspecified atom stereocenters. The molecule has 1 aliphatic heterocycles. The molecule has 1 N–H and O–H groups in total. The van der Waals surface area contributed by atoms with Gasteiger partial charge in [-0.1, -0.05) is 18.6 Å². The lowest BCUT2D eigenvalue weighted by molar-refractivity contribution is 0.399. The average Bonchev–Trinajstić information content (AvgIpc) is 2.88. The van der Waals surface area contributed by atoms with Gasteiger partial charge in [0.25, 0.3) is 0 Å². The van der Waals surface area contributed by atoms with Crippen LogP contribution in [-0.4, -0.2) is 22.4 Å². The number of hydrogen-bond donors (Lipinski definition) is 1. The number of aromatic nitrogens is 2. The van der Waals surface area contributed by atoms with Crippen molar-refractivity contribution in [2.24, 2.45) is 0 Å². The van der Waals surface area contributed by atoms with E-state index in [1.807, 2.05) is 10.9 Å². The maximum absolute atomic E-state index is 4.48. The summed E-state index contributed by atoms with van der Waals surface area (Å²) in [5.41, 5.74) is 3.73. The zero-order valence-electron chi connectivity index (χ0n) is 11.5. The van der Waals surface area contributed by atoms with Crippen LogP contribution in [0.1, 0.15) is 30.4 Å². The smallest absolute Gasteiger partial charge is 0.0648 e. The summed E-state index contributed by atoms with van der Waals surface area (Å²) in [4.78, 5) is 0. The highest BCUT2D eigenvalue weighted by atomic mass is 15.3. The Balaban J connectivity index is 1.72. The molecule has 2 heterocycles. The van der Waals surface area contributed by atoms with Crippen molar-refractivity contribution in [3.8, 4) is 5.69 Å². The number of piperidine rings is 1. The summed E-state index contributed by atoms with van der Waals surface area (Å²) >= 11 is 0. The van der Waals surface area contributed by atoms with E-state index in [4.69, 9.17) is 0 Å². The average molecular weight is 255 g/mol. The van der Waals surface area contributed by atoms with Crippen molar-refractivity contribution in [2.75, 3.05) is 6.54 Å². The molecule has 2 aromatic rings. The summed E-state index contributed by atoms with van der Waals surface area (Å²) in [6.45, 7) is 3.27. The predicted octanol–water partition coefficient (Wildman–Crippen LogP) is 2.87. The van der Waals surface area contributed by atoms with Gasteiger partial charge >= 0.3 is 0 Å². The van der Waals surface area contributed by atoms with Gasteiger partial charge in [-0.15, -0.1) is 0 Å². The molecule has 3 heteroatoms. The number of benzene rings is 1. The van der Waals surface area contributed by atoms with Crippen LogP contribution in [-0.2, 0) is 6.42 Å². The van der Waals surface area contributed by atoms with E-state index in [2.05, 4.69) is 47.8 Å². The zero-order valence-corrected chi connectivity index (χ0v) is 11.5. The maximum Gasteiger partial charge on any atom is 0.0648 e. The minimum atomic E-state index is 0.629. The van der Waals surface area contributed by atoms with Crippen LogP contribution in [0.3, 0.4) is 0 Å². The van der Waals surface area contributed by atoms with Crippen molar-refractivity contribution >= 4 is 0 Å². The molecule has 100 valence electrons. The van der Waals surface area contributed by atoms with Gasteiger partial charge in [-0.3, -0.25) is 0 Å². The highest BCUT2D eigenvalue weighted by molar-refractivity contribution is 5.35. The molecule has 3 nitrogen and oxygen atoms in total. The van der Waals surface area contributed by atoms with E-state index in [0.717, 1.165) is 18.7 Å². The second kappa shape index (κ2) is 5.57. The lowest BCUT2D eigenvalue weighted by atomic mass is 10.00. The zero-order chi connectivity index (χ0) is 13.1. The van der Waals surface area contributed by atoms with Gasteiger partial charge in [0.2, 0.25) is 0 Å². The quantitative estimate of drug-likeness (QED) is 0.914. The van der Waals surface area contributed by atoms with Crippen LogP contribution >= 0.6 is 0 Å². The Kier molecular flexibility index (Phi) is 3.65. The third kappa shape index (κ3) is 3.04. The molecule has 1 aliphatic rings. The topological polar surface area (TPSA) is 29.9 Å². The first kappa shape index (κ1) is 12.4. The summed E-state index contributed by atoms with van der Waals surface area (Å²) in [5.74, 6) is 0. The molecule has 1 fully saturated rings. The van der Waals surface area contributed by atoms with Gasteiger partial charge in [-0.05, 0) is 56.0 Å². The minimum Gasteiger partial charge on any atom is -0.314 e. The van der Waals surface area contributed by atoms with E-state index in [9.17, 15) is 0 Å². The van der Waals surface area contributed by atoms with Crippen LogP contribution in [0.15, 0.2) is 36.7 Å². The SMILES string of the molecule is Cc1cccc(-n2cc(CC3CCCCN3)cn2)c1. The number of rotatable bonds is 3. The predicted molar refractivity (Wildman–Crippen MR) is 77.6 cm³/mol. The van der Waals surface area contributed by atoms with E-state index >= 15 is 0 Å². The van der Waals surface area contributed by atoms with Crippen LogP contribution < -0.4 is 5.32 Å². The number of nitrogens with one attached hydrogen (secondary N) is 1. The Morgan fingerprint density at radius 2 is 2.32 bits per heavy atom. The lowest BCUT2D eigenvalue weighted by Gasteiger charge is -2.22. The van der Waals surface area contributed by atoms with Gasteiger partial charge in [-0.2, -0.15) is 5.10 Å². The fourth-order valence-electron chi connectivity index (χ4n) is 2.76. The first-order valence-electron chi connectivity index (χ1n) is 7.15. The van der Waals surface area contributed by atoms with Crippen LogP contribution in [0.4, 0.5) is 0 Å². The third-order valence-corrected chi connectivity index (χ3v) is 3.80. The number of nitrogens with zero attached hydrogens (tertiary/aromatic N) is 2. The third-order valence-electron chi connectivity index (χ3n) is 3.80. The number of hydrogen-bond acceptors (Lipinski definition) is 2. The molecule has 1 aromatic carbocycles. The summed E-state index contributed by atoms with van der Waals surface area (Å²) in [6, 6.07) is 9.08. The van der Waals surface area contributed by atoms with E-state index in [0.29, 0.717) is 6.04 Å². The summed E-state index contributed by atoms with van der Waals surface area (Å²) < 4.78 is 1.98. The van der Waals surface area contributed by atoms with Gasteiger partial charge in [0, 0.05) is 12.2 Å². The van der Waals surface area contributed by atoms with Crippen molar-refractivity contribution < 1.29 is 0 Å². The van der Waals surface area contributed by atoms with E-state index in [1.165, 1.54) is 30.4 Å². The first-order valence-corrected chi connectivity index (χ1v) is 7.15. The lowest BCUT2D eigenvalue weighted by Crippen LogP contribution is -2.35. The molecular formula is C16H21N3. The Morgan fingerprint density at radius 1 is 1.37 bits per heavy atom. The van der Waals surface area contributed by atoms with E-state index in [1.54, 1.807) is 0 Å². The van der Waals surface area contributed by atoms with Crippen LogP contribution in [0.2, 0.25) is 0 Å². The van der Waals surface area contributed by atoms with Crippen molar-refractivity contribution in [1.82, 2.24) is 15.1 Å². The molecule has 3 rings (SSSR count).